The minimum Gasteiger partial charge on any atom is -0.0622 e. The highest BCUT2D eigenvalue weighted by atomic mass is 14.4. The van der Waals surface area contributed by atoms with E-state index in [1.807, 2.05) is 0 Å². The van der Waals surface area contributed by atoms with Gasteiger partial charge in [0.2, 0.25) is 0 Å². The predicted octanol–water partition coefficient (Wildman–Crippen LogP) is 9.95. The van der Waals surface area contributed by atoms with Crippen LogP contribution in [-0.4, -0.2) is 0 Å². The summed E-state index contributed by atoms with van der Waals surface area (Å²) in [5.74, 6) is 1.27. The van der Waals surface area contributed by atoms with Gasteiger partial charge in [0, 0.05) is 0 Å². The Morgan fingerprint density at radius 3 is 1.29 bits per heavy atom. The van der Waals surface area contributed by atoms with Gasteiger partial charge in [-0.05, 0) is 69.9 Å². The van der Waals surface area contributed by atoms with Gasteiger partial charge in [-0.25, -0.2) is 0 Å². The van der Waals surface area contributed by atoms with E-state index in [4.69, 9.17) is 0 Å². The third-order valence-corrected chi connectivity index (χ3v) is 8.17. The molecule has 0 saturated carbocycles. The second-order valence-corrected chi connectivity index (χ2v) is 10.5. The average molecular weight is 495 g/mol. The van der Waals surface area contributed by atoms with Crippen molar-refractivity contribution >= 4 is 0 Å². The summed E-state index contributed by atoms with van der Waals surface area (Å²) in [4.78, 5) is 0. The number of hydrogen-bond acceptors (Lipinski definition) is 0. The Kier molecular flexibility index (Phi) is 8.51. The molecule has 0 radical (unpaired) electrons. The molecule has 5 rings (SSSR count). The molecular weight excluding hydrogens is 456 g/mol. The van der Waals surface area contributed by atoms with Crippen LogP contribution in [0.2, 0.25) is 0 Å². The van der Waals surface area contributed by atoms with Crippen LogP contribution >= 0.6 is 0 Å². The second-order valence-electron chi connectivity index (χ2n) is 10.5. The lowest BCUT2D eigenvalue weighted by Crippen LogP contribution is -2.25. The Hall–Kier alpha value is -3.90. The van der Waals surface area contributed by atoms with Crippen molar-refractivity contribution in [1.29, 1.82) is 0 Å². The Bertz CT molecular complexity index is 1360. The molecule has 0 fully saturated rings. The smallest absolute Gasteiger partial charge is 0.00153 e. The predicted molar refractivity (Wildman–Crippen MR) is 162 cm³/mol. The zero-order chi connectivity index (χ0) is 26.2. The van der Waals surface area contributed by atoms with Crippen molar-refractivity contribution in [3.05, 3.63) is 179 Å². The Morgan fingerprint density at radius 1 is 0.421 bits per heavy atom. The SMILES string of the molecule is CCc1ccc(CC(c2ccccc2)C(c2ccccc2)C(c2ccccc2)C(C)c2ccccc2)cc1. The molecule has 0 N–H and O–H groups in total. The van der Waals surface area contributed by atoms with Gasteiger partial charge in [0.05, 0.1) is 0 Å². The van der Waals surface area contributed by atoms with Crippen molar-refractivity contribution in [2.45, 2.75) is 50.4 Å². The zero-order valence-electron chi connectivity index (χ0n) is 22.6. The number of benzene rings is 5. The van der Waals surface area contributed by atoms with Crippen LogP contribution in [0.25, 0.3) is 0 Å². The molecule has 4 atom stereocenters. The van der Waals surface area contributed by atoms with Crippen molar-refractivity contribution < 1.29 is 0 Å². The standard InChI is InChI=1S/C38H38/c1-3-30-24-26-31(27-25-30)28-36(33-18-10-5-11-19-33)38(35-22-14-7-15-23-35)37(34-20-12-6-13-21-34)29(2)32-16-8-4-9-17-32/h4-27,29,36-38H,3,28H2,1-2H3. The highest BCUT2D eigenvalue weighted by Gasteiger charge is 2.36. The first kappa shape index (κ1) is 25.7. The van der Waals surface area contributed by atoms with Crippen LogP contribution in [0.15, 0.2) is 146 Å². The molecule has 0 aromatic heterocycles. The van der Waals surface area contributed by atoms with E-state index in [2.05, 4.69) is 159 Å². The molecule has 0 aliphatic carbocycles. The highest BCUT2D eigenvalue weighted by molar-refractivity contribution is 5.39. The molecule has 0 heterocycles. The molecule has 190 valence electrons. The van der Waals surface area contributed by atoms with Gasteiger partial charge in [-0.2, -0.15) is 0 Å². The summed E-state index contributed by atoms with van der Waals surface area (Å²) in [7, 11) is 0. The van der Waals surface area contributed by atoms with Crippen LogP contribution in [0.3, 0.4) is 0 Å². The van der Waals surface area contributed by atoms with Crippen molar-refractivity contribution in [3.8, 4) is 0 Å². The maximum Gasteiger partial charge on any atom is -0.00153 e. The lowest BCUT2D eigenvalue weighted by atomic mass is 9.64. The molecule has 0 aliphatic heterocycles. The fourth-order valence-electron chi connectivity index (χ4n) is 6.13. The molecule has 0 bridgehead atoms. The molecule has 0 heteroatoms. The van der Waals surface area contributed by atoms with Crippen molar-refractivity contribution in [1.82, 2.24) is 0 Å². The van der Waals surface area contributed by atoms with E-state index in [0.29, 0.717) is 23.7 Å². The van der Waals surface area contributed by atoms with E-state index in [-0.39, 0.29) is 0 Å². The molecule has 4 unspecified atom stereocenters. The fourth-order valence-corrected chi connectivity index (χ4v) is 6.13. The van der Waals surface area contributed by atoms with E-state index in [0.717, 1.165) is 12.8 Å². The number of rotatable bonds is 10. The average Bonchev–Trinajstić information content (AvgIpc) is 3.00. The summed E-state index contributed by atoms with van der Waals surface area (Å²) in [6.07, 6.45) is 2.07. The molecule has 5 aromatic carbocycles. The lowest BCUT2D eigenvalue weighted by molar-refractivity contribution is 0.405. The van der Waals surface area contributed by atoms with Gasteiger partial charge in [0.15, 0.2) is 0 Å². The molecule has 0 amide bonds. The summed E-state index contributed by atoms with van der Waals surface area (Å²) in [6, 6.07) is 54.0. The maximum absolute atomic E-state index is 2.42. The summed E-state index contributed by atoms with van der Waals surface area (Å²) >= 11 is 0. The molecule has 0 saturated heterocycles. The number of aryl methyl sites for hydroxylation is 1. The van der Waals surface area contributed by atoms with Crippen LogP contribution in [0.1, 0.15) is 70.9 Å². The van der Waals surface area contributed by atoms with Crippen LogP contribution < -0.4 is 0 Å². The van der Waals surface area contributed by atoms with Gasteiger partial charge in [-0.3, -0.25) is 0 Å². The quantitative estimate of drug-likeness (QED) is 0.181. The molecular formula is C38H38. The summed E-state index contributed by atoms with van der Waals surface area (Å²) in [5.41, 5.74) is 8.40. The third kappa shape index (κ3) is 5.97. The van der Waals surface area contributed by atoms with E-state index in [9.17, 15) is 0 Å². The van der Waals surface area contributed by atoms with E-state index in [1.54, 1.807) is 0 Å². The maximum atomic E-state index is 2.42. The first-order valence-corrected chi connectivity index (χ1v) is 14.0. The van der Waals surface area contributed by atoms with Crippen LogP contribution in [0, 0.1) is 0 Å². The van der Waals surface area contributed by atoms with Gasteiger partial charge in [-0.1, -0.05) is 159 Å². The van der Waals surface area contributed by atoms with Crippen LogP contribution in [0.4, 0.5) is 0 Å². The second kappa shape index (κ2) is 12.6. The number of hydrogen-bond donors (Lipinski definition) is 0. The Labute approximate surface area is 229 Å². The van der Waals surface area contributed by atoms with Crippen molar-refractivity contribution in [3.63, 3.8) is 0 Å². The van der Waals surface area contributed by atoms with E-state index < -0.39 is 0 Å². The Morgan fingerprint density at radius 2 is 0.816 bits per heavy atom. The normalized spacial score (nSPS) is 14.4. The van der Waals surface area contributed by atoms with E-state index in [1.165, 1.54) is 33.4 Å². The van der Waals surface area contributed by atoms with Gasteiger partial charge in [-0.15, -0.1) is 0 Å². The van der Waals surface area contributed by atoms with Crippen LogP contribution in [0.5, 0.6) is 0 Å². The molecule has 5 aromatic rings. The van der Waals surface area contributed by atoms with Crippen molar-refractivity contribution in [2.75, 3.05) is 0 Å². The van der Waals surface area contributed by atoms with Gasteiger partial charge in [0.1, 0.15) is 0 Å². The molecule has 0 spiro atoms. The van der Waals surface area contributed by atoms with Gasteiger partial charge in [0.25, 0.3) is 0 Å². The topological polar surface area (TPSA) is 0 Å². The fraction of sp³-hybridized carbons (Fsp3) is 0.211. The highest BCUT2D eigenvalue weighted by Crippen LogP contribution is 2.50. The Balaban J connectivity index is 1.69. The van der Waals surface area contributed by atoms with Gasteiger partial charge >= 0.3 is 0 Å². The summed E-state index contributed by atoms with van der Waals surface area (Å²) in [5, 5.41) is 0. The minimum absolute atomic E-state index is 0.294. The molecule has 38 heavy (non-hydrogen) atoms. The van der Waals surface area contributed by atoms with E-state index >= 15 is 0 Å². The largest absolute Gasteiger partial charge is 0.0622 e. The molecule has 0 aliphatic rings. The summed E-state index contributed by atoms with van der Waals surface area (Å²) in [6.45, 7) is 4.64. The summed E-state index contributed by atoms with van der Waals surface area (Å²) < 4.78 is 0. The monoisotopic (exact) mass is 494 g/mol. The lowest BCUT2D eigenvalue weighted by Gasteiger charge is -2.39. The first-order valence-electron chi connectivity index (χ1n) is 14.0. The molecule has 0 nitrogen and oxygen atoms in total. The third-order valence-electron chi connectivity index (χ3n) is 8.17. The van der Waals surface area contributed by atoms with Crippen molar-refractivity contribution in [2.24, 2.45) is 0 Å². The first-order chi connectivity index (χ1) is 18.7. The minimum atomic E-state index is 0.294. The van der Waals surface area contributed by atoms with Gasteiger partial charge < -0.3 is 0 Å². The zero-order valence-corrected chi connectivity index (χ0v) is 22.6. The van der Waals surface area contributed by atoms with Crippen LogP contribution in [-0.2, 0) is 12.8 Å².